The number of methoxy groups -OCH3 is 1. The van der Waals surface area contributed by atoms with Crippen molar-refractivity contribution in [3.05, 3.63) is 22.7 Å². The van der Waals surface area contributed by atoms with Gasteiger partial charge in [0.05, 0.1) is 25.3 Å². The van der Waals surface area contributed by atoms with E-state index in [-0.39, 0.29) is 0 Å². The maximum Gasteiger partial charge on any atom is 0.179 e. The summed E-state index contributed by atoms with van der Waals surface area (Å²) < 4.78 is 10.7. The normalized spacial score (nSPS) is 14.2. The number of rotatable bonds is 4. The Labute approximate surface area is 106 Å². The van der Waals surface area contributed by atoms with E-state index in [1.807, 2.05) is 19.1 Å². The van der Waals surface area contributed by atoms with E-state index in [4.69, 9.17) is 21.1 Å². The molecular weight excluding hydrogens is 240 g/mol. The van der Waals surface area contributed by atoms with E-state index in [9.17, 15) is 0 Å². The van der Waals surface area contributed by atoms with Crippen LogP contribution in [0.5, 0.6) is 11.5 Å². The van der Waals surface area contributed by atoms with E-state index < -0.39 is 0 Å². The molecule has 0 amide bonds. The van der Waals surface area contributed by atoms with Crippen molar-refractivity contribution in [3.8, 4) is 11.5 Å². The molecule has 1 aliphatic rings. The lowest BCUT2D eigenvalue weighted by molar-refractivity contribution is 0.311. The van der Waals surface area contributed by atoms with Crippen LogP contribution in [0.4, 0.5) is 0 Å². The smallest absolute Gasteiger partial charge is 0.179 e. The van der Waals surface area contributed by atoms with Gasteiger partial charge in [-0.15, -0.1) is 0 Å². The summed E-state index contributed by atoms with van der Waals surface area (Å²) in [5.74, 6) is 2.07. The van der Waals surface area contributed by atoms with Gasteiger partial charge in [-0.1, -0.05) is 11.6 Å². The van der Waals surface area contributed by atoms with Gasteiger partial charge in [-0.2, -0.15) is 0 Å². The first-order valence-corrected chi connectivity index (χ1v) is 5.93. The summed E-state index contributed by atoms with van der Waals surface area (Å²) >= 11 is 6.16. The average Bonchev–Trinajstić information content (AvgIpc) is 2.82. The molecule has 0 radical (unpaired) electrons. The standard InChI is InChI=1S/C12H15ClN2O2/c1-3-17-10-7-8(12-14-4-5-15-12)6-9(13)11(10)16-2/h6-7H,3-5H2,1-2H3,(H,14,15). The first-order valence-electron chi connectivity index (χ1n) is 5.55. The van der Waals surface area contributed by atoms with E-state index >= 15 is 0 Å². The van der Waals surface area contributed by atoms with Crippen LogP contribution in [0.3, 0.4) is 0 Å². The van der Waals surface area contributed by atoms with Crippen molar-refractivity contribution < 1.29 is 9.47 Å². The van der Waals surface area contributed by atoms with Crippen molar-refractivity contribution in [2.75, 3.05) is 26.8 Å². The summed E-state index contributed by atoms with van der Waals surface area (Å²) in [5, 5.41) is 3.73. The summed E-state index contributed by atoms with van der Waals surface area (Å²) in [4.78, 5) is 4.35. The Bertz CT molecular complexity index is 446. The molecule has 1 aromatic rings. The second-order valence-electron chi connectivity index (χ2n) is 3.58. The summed E-state index contributed by atoms with van der Waals surface area (Å²) in [6.07, 6.45) is 0. The third kappa shape index (κ3) is 2.47. The molecule has 17 heavy (non-hydrogen) atoms. The molecule has 1 aromatic carbocycles. The zero-order valence-corrected chi connectivity index (χ0v) is 10.7. The molecule has 1 aliphatic heterocycles. The third-order valence-corrected chi connectivity index (χ3v) is 2.74. The Balaban J connectivity index is 2.41. The van der Waals surface area contributed by atoms with Crippen molar-refractivity contribution in [2.24, 2.45) is 4.99 Å². The highest BCUT2D eigenvalue weighted by Gasteiger charge is 2.15. The van der Waals surface area contributed by atoms with Gasteiger partial charge in [0.1, 0.15) is 5.84 Å². The molecule has 0 unspecified atom stereocenters. The largest absolute Gasteiger partial charge is 0.491 e. The lowest BCUT2D eigenvalue weighted by atomic mass is 10.2. The second kappa shape index (κ2) is 5.27. The number of nitrogens with one attached hydrogen (secondary N) is 1. The highest BCUT2D eigenvalue weighted by atomic mass is 35.5. The fraction of sp³-hybridized carbons (Fsp3) is 0.417. The number of halogens is 1. The molecule has 0 fully saturated rings. The number of hydrogen-bond donors (Lipinski definition) is 1. The van der Waals surface area contributed by atoms with Crippen molar-refractivity contribution in [2.45, 2.75) is 6.92 Å². The predicted molar refractivity (Wildman–Crippen MR) is 68.6 cm³/mol. The van der Waals surface area contributed by atoms with Crippen LogP contribution in [-0.4, -0.2) is 32.6 Å². The fourth-order valence-corrected chi connectivity index (χ4v) is 2.04. The van der Waals surface area contributed by atoms with Crippen molar-refractivity contribution in [3.63, 3.8) is 0 Å². The molecule has 4 nitrogen and oxygen atoms in total. The molecule has 1 N–H and O–H groups in total. The second-order valence-corrected chi connectivity index (χ2v) is 3.99. The van der Waals surface area contributed by atoms with E-state index in [0.29, 0.717) is 23.1 Å². The summed E-state index contributed by atoms with van der Waals surface area (Å²) in [7, 11) is 1.58. The SMILES string of the molecule is CCOc1cc(C2=NCCN2)cc(Cl)c1OC. The minimum absolute atomic E-state index is 0.532. The number of amidine groups is 1. The van der Waals surface area contributed by atoms with Gasteiger partial charge in [0, 0.05) is 12.1 Å². The molecule has 0 saturated carbocycles. The highest BCUT2D eigenvalue weighted by molar-refractivity contribution is 6.32. The van der Waals surface area contributed by atoms with Crippen LogP contribution in [0.25, 0.3) is 0 Å². The monoisotopic (exact) mass is 254 g/mol. The number of aliphatic imine (C=N–C) groups is 1. The minimum Gasteiger partial charge on any atom is -0.491 e. The zero-order chi connectivity index (χ0) is 12.3. The van der Waals surface area contributed by atoms with Crippen LogP contribution >= 0.6 is 11.6 Å². The van der Waals surface area contributed by atoms with Crippen molar-refractivity contribution in [1.29, 1.82) is 0 Å². The Morgan fingerprint density at radius 1 is 1.47 bits per heavy atom. The Morgan fingerprint density at radius 3 is 2.88 bits per heavy atom. The van der Waals surface area contributed by atoms with Gasteiger partial charge in [-0.3, -0.25) is 4.99 Å². The van der Waals surface area contributed by atoms with Crippen LogP contribution in [0.1, 0.15) is 12.5 Å². The molecule has 0 aromatic heterocycles. The zero-order valence-electron chi connectivity index (χ0n) is 9.92. The molecular formula is C12H15ClN2O2. The van der Waals surface area contributed by atoms with Gasteiger partial charge in [0.15, 0.2) is 11.5 Å². The molecule has 0 aliphatic carbocycles. The molecule has 0 saturated heterocycles. The van der Waals surface area contributed by atoms with Crippen LogP contribution in [0.15, 0.2) is 17.1 Å². The summed E-state index contributed by atoms with van der Waals surface area (Å²) in [6.45, 7) is 4.15. The Morgan fingerprint density at radius 2 is 2.29 bits per heavy atom. The van der Waals surface area contributed by atoms with Gasteiger partial charge in [-0.05, 0) is 19.1 Å². The first-order chi connectivity index (χ1) is 8.26. The first kappa shape index (κ1) is 12.0. The average molecular weight is 255 g/mol. The Hall–Kier alpha value is -1.42. The molecule has 92 valence electrons. The topological polar surface area (TPSA) is 42.8 Å². The maximum atomic E-state index is 6.16. The lowest BCUT2D eigenvalue weighted by Gasteiger charge is -2.13. The highest BCUT2D eigenvalue weighted by Crippen LogP contribution is 2.36. The van der Waals surface area contributed by atoms with E-state index in [2.05, 4.69) is 10.3 Å². The molecule has 2 rings (SSSR count). The van der Waals surface area contributed by atoms with E-state index in [1.165, 1.54) is 0 Å². The molecule has 0 atom stereocenters. The molecule has 5 heteroatoms. The Kier molecular flexibility index (Phi) is 3.74. The number of ether oxygens (including phenoxy) is 2. The van der Waals surface area contributed by atoms with Crippen LogP contribution in [-0.2, 0) is 0 Å². The van der Waals surface area contributed by atoms with Gasteiger partial charge in [0.25, 0.3) is 0 Å². The maximum absolute atomic E-state index is 6.16. The molecule has 0 spiro atoms. The van der Waals surface area contributed by atoms with E-state index in [0.717, 1.165) is 24.5 Å². The van der Waals surface area contributed by atoms with Gasteiger partial charge in [0.2, 0.25) is 0 Å². The summed E-state index contributed by atoms with van der Waals surface area (Å²) in [5.41, 5.74) is 0.928. The van der Waals surface area contributed by atoms with Crippen LogP contribution in [0.2, 0.25) is 5.02 Å². The number of hydrogen-bond acceptors (Lipinski definition) is 4. The quantitative estimate of drug-likeness (QED) is 0.895. The van der Waals surface area contributed by atoms with Crippen molar-refractivity contribution >= 4 is 17.4 Å². The van der Waals surface area contributed by atoms with Gasteiger partial charge < -0.3 is 14.8 Å². The fourth-order valence-electron chi connectivity index (χ4n) is 1.76. The number of nitrogens with zero attached hydrogens (tertiary/aromatic N) is 1. The van der Waals surface area contributed by atoms with Gasteiger partial charge in [-0.25, -0.2) is 0 Å². The van der Waals surface area contributed by atoms with E-state index in [1.54, 1.807) is 7.11 Å². The predicted octanol–water partition coefficient (Wildman–Crippen LogP) is 2.10. The minimum atomic E-state index is 0.532. The molecule has 1 heterocycles. The number of benzene rings is 1. The van der Waals surface area contributed by atoms with Crippen molar-refractivity contribution in [1.82, 2.24) is 5.32 Å². The molecule has 0 bridgehead atoms. The van der Waals surface area contributed by atoms with Gasteiger partial charge >= 0.3 is 0 Å². The van der Waals surface area contributed by atoms with Crippen LogP contribution < -0.4 is 14.8 Å². The van der Waals surface area contributed by atoms with Crippen LogP contribution in [0, 0.1) is 0 Å². The lowest BCUT2D eigenvalue weighted by Crippen LogP contribution is -2.19. The third-order valence-electron chi connectivity index (χ3n) is 2.46. The summed E-state index contributed by atoms with van der Waals surface area (Å²) in [6, 6.07) is 3.73.